The van der Waals surface area contributed by atoms with Crippen LogP contribution in [-0.4, -0.2) is 13.5 Å². The maximum Gasteiger partial charge on any atom is 0.174 e. The molecule has 6 heavy (non-hydrogen) atoms. The highest BCUT2D eigenvalue weighted by Gasteiger charge is 1.73. The molecular formula is C4H5BO. The zero-order chi connectivity index (χ0) is 4.99. The van der Waals surface area contributed by atoms with E-state index >= 15 is 0 Å². The largest absolute Gasteiger partial charge is 0.308 e. The highest BCUT2D eigenvalue weighted by atomic mass is 16.1. The van der Waals surface area contributed by atoms with Gasteiger partial charge in [0.25, 0.3) is 0 Å². The first kappa shape index (κ1) is 5.47. The fourth-order valence-electron chi connectivity index (χ4n) is 0.164. The zero-order valence-electron chi connectivity index (χ0n) is 3.64. The van der Waals surface area contributed by atoms with E-state index in [4.69, 9.17) is 0 Å². The van der Waals surface area contributed by atoms with Crippen LogP contribution in [0.5, 0.6) is 0 Å². The maximum absolute atomic E-state index is 9.73. The summed E-state index contributed by atoms with van der Waals surface area (Å²) < 4.78 is 0. The molecule has 0 saturated heterocycles. The Balaban J connectivity index is 3.30. The molecule has 0 fully saturated rings. The second-order valence-electron chi connectivity index (χ2n) is 0.902. The van der Waals surface area contributed by atoms with Gasteiger partial charge in [-0.2, -0.15) is 0 Å². The molecule has 0 atom stereocenters. The van der Waals surface area contributed by atoms with E-state index in [1.807, 2.05) is 0 Å². The molecule has 0 unspecified atom stereocenters. The molecule has 0 rings (SSSR count). The number of carbonyl (C=O) groups is 1. The molecule has 0 aliphatic rings. The normalized spacial score (nSPS) is 9.50. The van der Waals surface area contributed by atoms with E-state index in [0.29, 0.717) is 0 Å². The fourth-order valence-corrected chi connectivity index (χ4v) is 0.164. The van der Waals surface area contributed by atoms with Crippen LogP contribution in [0.25, 0.3) is 0 Å². The Morgan fingerprint density at radius 3 is 2.33 bits per heavy atom. The molecule has 0 aliphatic heterocycles. The third-order valence-corrected chi connectivity index (χ3v) is 0.331. The molecule has 0 N–H and O–H groups in total. The standard InChI is InChI=1S/C4H5BO/c1-2-3-4(5)6/h2-3H,1H3. The third-order valence-electron chi connectivity index (χ3n) is 0.331. The summed E-state index contributed by atoms with van der Waals surface area (Å²) in [5, 5.41) is 0. The molecule has 2 heteroatoms. The summed E-state index contributed by atoms with van der Waals surface area (Å²) in [5.41, 5.74) is -0.391. The lowest BCUT2D eigenvalue weighted by Crippen LogP contribution is -1.85. The second kappa shape index (κ2) is 2.70. The van der Waals surface area contributed by atoms with Crippen LogP contribution in [0.1, 0.15) is 6.92 Å². The Hall–Kier alpha value is -0.525. The molecule has 30 valence electrons. The van der Waals surface area contributed by atoms with Gasteiger partial charge in [0.05, 0.1) is 5.68 Å². The van der Waals surface area contributed by atoms with Crippen LogP contribution >= 0.6 is 0 Å². The fraction of sp³-hybridized carbons (Fsp3) is 0.250. The van der Waals surface area contributed by atoms with Crippen LogP contribution in [0.3, 0.4) is 0 Å². The Bertz CT molecular complexity index is 75.6. The molecule has 0 spiro atoms. The van der Waals surface area contributed by atoms with E-state index in [1.54, 1.807) is 13.0 Å². The molecule has 0 aromatic rings. The highest BCUT2D eigenvalue weighted by Crippen LogP contribution is 1.64. The van der Waals surface area contributed by atoms with Crippen molar-refractivity contribution in [3.05, 3.63) is 12.2 Å². The summed E-state index contributed by atoms with van der Waals surface area (Å²) in [4.78, 5) is 9.73. The predicted octanol–water partition coefficient (Wildman–Crippen LogP) is 0.258. The lowest BCUT2D eigenvalue weighted by molar-refractivity contribution is -0.107. The van der Waals surface area contributed by atoms with E-state index in [9.17, 15) is 4.79 Å². The summed E-state index contributed by atoms with van der Waals surface area (Å²) in [6, 6.07) is 0. The van der Waals surface area contributed by atoms with Crippen LogP contribution < -0.4 is 0 Å². The first-order valence-electron chi connectivity index (χ1n) is 1.69. The van der Waals surface area contributed by atoms with Gasteiger partial charge in [-0.3, -0.25) is 0 Å². The van der Waals surface area contributed by atoms with Crippen LogP contribution in [-0.2, 0) is 4.79 Å². The van der Waals surface area contributed by atoms with Gasteiger partial charge in [0.15, 0.2) is 7.85 Å². The molecule has 0 aliphatic carbocycles. The average molecular weight is 79.9 g/mol. The van der Waals surface area contributed by atoms with Gasteiger partial charge in [0, 0.05) is 0 Å². The van der Waals surface area contributed by atoms with Crippen molar-refractivity contribution in [2.24, 2.45) is 0 Å². The topological polar surface area (TPSA) is 17.1 Å². The molecule has 0 aromatic heterocycles. The summed E-state index contributed by atoms with van der Waals surface area (Å²) >= 11 is 0. The molecular weight excluding hydrogens is 74.9 g/mol. The van der Waals surface area contributed by atoms with Crippen LogP contribution in [0, 0.1) is 0 Å². The van der Waals surface area contributed by atoms with E-state index in [-0.39, 0.29) is 0 Å². The van der Waals surface area contributed by atoms with Crippen LogP contribution in [0.15, 0.2) is 12.2 Å². The van der Waals surface area contributed by atoms with E-state index in [0.717, 1.165) is 0 Å². The van der Waals surface area contributed by atoms with E-state index in [1.165, 1.54) is 6.08 Å². The van der Waals surface area contributed by atoms with Crippen molar-refractivity contribution in [3.63, 3.8) is 0 Å². The second-order valence-corrected chi connectivity index (χ2v) is 0.902. The summed E-state index contributed by atoms with van der Waals surface area (Å²) in [6.45, 7) is 1.74. The number of hydrogen-bond donors (Lipinski definition) is 0. The van der Waals surface area contributed by atoms with E-state index < -0.39 is 5.68 Å². The lowest BCUT2D eigenvalue weighted by Gasteiger charge is -1.68. The van der Waals surface area contributed by atoms with Gasteiger partial charge in [0.1, 0.15) is 0 Å². The Kier molecular flexibility index (Phi) is 2.46. The van der Waals surface area contributed by atoms with Gasteiger partial charge in [-0.1, -0.05) is 6.08 Å². The molecule has 0 saturated carbocycles. The smallest absolute Gasteiger partial charge is 0.174 e. The monoisotopic (exact) mass is 80.0 g/mol. The summed E-state index contributed by atoms with van der Waals surface area (Å²) in [5.74, 6) is 0. The van der Waals surface area contributed by atoms with Crippen molar-refractivity contribution in [1.82, 2.24) is 0 Å². The van der Waals surface area contributed by atoms with Crippen molar-refractivity contribution < 1.29 is 4.79 Å². The molecule has 1 nitrogen and oxygen atoms in total. The predicted molar refractivity (Wildman–Crippen MR) is 25.6 cm³/mol. The van der Waals surface area contributed by atoms with E-state index in [2.05, 4.69) is 7.85 Å². The van der Waals surface area contributed by atoms with Crippen LogP contribution in [0.4, 0.5) is 0 Å². The first-order chi connectivity index (χ1) is 2.77. The van der Waals surface area contributed by atoms with Gasteiger partial charge < -0.3 is 4.79 Å². The van der Waals surface area contributed by atoms with Gasteiger partial charge >= 0.3 is 0 Å². The summed E-state index contributed by atoms with van der Waals surface area (Å²) in [7, 11) is 4.68. The zero-order valence-corrected chi connectivity index (χ0v) is 3.64. The molecule has 0 aromatic carbocycles. The van der Waals surface area contributed by atoms with Crippen molar-refractivity contribution >= 4 is 13.5 Å². The Morgan fingerprint density at radius 2 is 2.33 bits per heavy atom. The minimum absolute atomic E-state index is 0.391. The maximum atomic E-state index is 9.73. The number of hydrogen-bond acceptors (Lipinski definition) is 1. The van der Waals surface area contributed by atoms with Crippen molar-refractivity contribution in [2.45, 2.75) is 6.92 Å². The third kappa shape index (κ3) is 3.47. The minimum atomic E-state index is -0.391. The average Bonchev–Trinajstić information content (AvgIpc) is 1.35. The van der Waals surface area contributed by atoms with Crippen molar-refractivity contribution in [3.8, 4) is 0 Å². The molecule has 0 heterocycles. The van der Waals surface area contributed by atoms with Crippen LogP contribution in [0.2, 0.25) is 0 Å². The first-order valence-corrected chi connectivity index (χ1v) is 1.69. The molecule has 0 amide bonds. The summed E-state index contributed by atoms with van der Waals surface area (Å²) in [6.07, 6.45) is 2.91. The van der Waals surface area contributed by atoms with Gasteiger partial charge in [0.2, 0.25) is 0 Å². The number of allylic oxidation sites excluding steroid dienone is 2. The Morgan fingerprint density at radius 1 is 1.83 bits per heavy atom. The van der Waals surface area contributed by atoms with Gasteiger partial charge in [-0.15, -0.1) is 0 Å². The minimum Gasteiger partial charge on any atom is -0.308 e. The van der Waals surface area contributed by atoms with Crippen molar-refractivity contribution in [1.29, 1.82) is 0 Å². The molecule has 0 bridgehead atoms. The number of carbonyl (C=O) groups excluding carboxylic acids is 1. The lowest BCUT2D eigenvalue weighted by atomic mass is 10.0. The quantitative estimate of drug-likeness (QED) is 0.326. The van der Waals surface area contributed by atoms with Crippen molar-refractivity contribution in [2.75, 3.05) is 0 Å². The number of rotatable bonds is 1. The molecule has 2 radical (unpaired) electrons. The highest BCUT2D eigenvalue weighted by molar-refractivity contribution is 6.60. The van der Waals surface area contributed by atoms with Gasteiger partial charge in [-0.25, -0.2) is 0 Å². The van der Waals surface area contributed by atoms with Gasteiger partial charge in [-0.05, 0) is 13.0 Å². The SMILES string of the molecule is [B]C(=O)C=CC. The Labute approximate surface area is 38.5 Å².